The molecule has 1 saturated heterocycles. The van der Waals surface area contributed by atoms with Gasteiger partial charge in [0.05, 0.1) is 26.4 Å². The van der Waals surface area contributed by atoms with Crippen molar-refractivity contribution < 1.29 is 23.7 Å². The molecule has 0 aromatic heterocycles. The van der Waals surface area contributed by atoms with E-state index < -0.39 is 17.7 Å². The maximum absolute atomic E-state index is 11.2. The summed E-state index contributed by atoms with van der Waals surface area (Å²) in [7, 11) is 0. The predicted molar refractivity (Wildman–Crippen MR) is 84.4 cm³/mol. The fraction of sp³-hybridized carbons (Fsp3) is 0.706. The van der Waals surface area contributed by atoms with Gasteiger partial charge in [0, 0.05) is 16.9 Å². The van der Waals surface area contributed by atoms with Gasteiger partial charge in [0.25, 0.3) is 0 Å². The Labute approximate surface area is 133 Å². The molecule has 126 valence electrons. The van der Waals surface area contributed by atoms with Gasteiger partial charge in [0.2, 0.25) is 0 Å². The van der Waals surface area contributed by atoms with Crippen molar-refractivity contribution in [2.24, 2.45) is 10.8 Å². The second kappa shape index (κ2) is 8.46. The molecule has 0 atom stereocenters. The molecule has 1 aliphatic heterocycles. The monoisotopic (exact) mass is 312 g/mol. The summed E-state index contributed by atoms with van der Waals surface area (Å²) >= 11 is 0. The van der Waals surface area contributed by atoms with E-state index >= 15 is 0 Å². The lowest BCUT2D eigenvalue weighted by Crippen LogP contribution is -2.50. The molecule has 0 aliphatic carbocycles. The average Bonchev–Trinajstić information content (AvgIpc) is 2.53. The summed E-state index contributed by atoms with van der Waals surface area (Å²) in [6, 6.07) is 0. The molecule has 1 fully saturated rings. The Balaban J connectivity index is 2.52. The lowest BCUT2D eigenvalue weighted by molar-refractivity contribution is -0.281. The molecule has 0 radical (unpaired) electrons. The molecule has 0 unspecified atom stereocenters. The van der Waals surface area contributed by atoms with E-state index in [1.54, 1.807) is 6.08 Å². The molecule has 0 bridgehead atoms. The van der Waals surface area contributed by atoms with Crippen LogP contribution in [0.3, 0.4) is 0 Å². The summed E-state index contributed by atoms with van der Waals surface area (Å²) in [5.41, 5.74) is -0.562. The summed E-state index contributed by atoms with van der Waals surface area (Å²) in [5, 5.41) is 0. The standard InChI is InChI=1S/C17H28O5/c1-6-9-19-11-17(8-3)12-21-15(22-13-17)16(4,5)10-20-14(18)7-2/h6-7,15H,1-2,8-13H2,3-5H3. The molecule has 0 spiro atoms. The number of rotatable bonds is 9. The molecule has 1 aliphatic rings. The van der Waals surface area contributed by atoms with E-state index in [0.29, 0.717) is 26.4 Å². The van der Waals surface area contributed by atoms with Crippen molar-refractivity contribution >= 4 is 5.97 Å². The van der Waals surface area contributed by atoms with E-state index in [1.165, 1.54) is 0 Å². The quantitative estimate of drug-likeness (QED) is 0.283. The number of ether oxygens (including phenoxy) is 4. The molecule has 1 rings (SSSR count). The molecule has 5 heteroatoms. The number of carbonyl (C=O) groups is 1. The third kappa shape index (κ3) is 5.23. The second-order valence-corrected chi connectivity index (χ2v) is 6.41. The number of esters is 1. The molecule has 0 aromatic carbocycles. The van der Waals surface area contributed by atoms with Crippen LogP contribution in [-0.4, -0.2) is 45.3 Å². The van der Waals surface area contributed by atoms with Crippen molar-refractivity contribution in [1.29, 1.82) is 0 Å². The topological polar surface area (TPSA) is 54.0 Å². The van der Waals surface area contributed by atoms with Crippen molar-refractivity contribution in [3.05, 3.63) is 25.3 Å². The third-order valence-electron chi connectivity index (χ3n) is 3.87. The molecular formula is C17H28O5. The molecule has 0 saturated carbocycles. The van der Waals surface area contributed by atoms with Crippen molar-refractivity contribution in [1.82, 2.24) is 0 Å². The average molecular weight is 312 g/mol. The smallest absolute Gasteiger partial charge is 0.330 e. The minimum atomic E-state index is -0.440. The van der Waals surface area contributed by atoms with Gasteiger partial charge in [-0.2, -0.15) is 0 Å². The van der Waals surface area contributed by atoms with Crippen LogP contribution in [0.1, 0.15) is 27.2 Å². The van der Waals surface area contributed by atoms with Gasteiger partial charge < -0.3 is 18.9 Å². The van der Waals surface area contributed by atoms with E-state index in [4.69, 9.17) is 18.9 Å². The fourth-order valence-corrected chi connectivity index (χ4v) is 2.18. The highest BCUT2D eigenvalue weighted by molar-refractivity contribution is 5.81. The van der Waals surface area contributed by atoms with E-state index in [1.807, 2.05) is 13.8 Å². The van der Waals surface area contributed by atoms with Crippen LogP contribution in [0.25, 0.3) is 0 Å². The highest BCUT2D eigenvalue weighted by atomic mass is 16.7. The Kier molecular flexibility index (Phi) is 7.26. The molecule has 5 nitrogen and oxygen atoms in total. The normalized spacial score (nSPS) is 25.5. The molecule has 0 amide bonds. The molecule has 0 N–H and O–H groups in total. The van der Waals surface area contributed by atoms with Gasteiger partial charge in [-0.05, 0) is 6.42 Å². The largest absolute Gasteiger partial charge is 0.462 e. The molecule has 1 heterocycles. The summed E-state index contributed by atoms with van der Waals surface area (Å²) in [4.78, 5) is 11.2. The summed E-state index contributed by atoms with van der Waals surface area (Å²) in [6.07, 6.45) is 3.37. The maximum atomic E-state index is 11.2. The number of hydrogen-bond donors (Lipinski definition) is 0. The Morgan fingerprint density at radius 2 is 2.00 bits per heavy atom. The van der Waals surface area contributed by atoms with E-state index in [0.717, 1.165) is 12.5 Å². The molecular weight excluding hydrogens is 284 g/mol. The lowest BCUT2D eigenvalue weighted by atomic mass is 9.85. The summed E-state index contributed by atoms with van der Waals surface area (Å²) < 4.78 is 22.5. The van der Waals surface area contributed by atoms with Crippen LogP contribution < -0.4 is 0 Å². The van der Waals surface area contributed by atoms with Gasteiger partial charge >= 0.3 is 5.97 Å². The van der Waals surface area contributed by atoms with Gasteiger partial charge in [-0.3, -0.25) is 0 Å². The van der Waals surface area contributed by atoms with Crippen LogP contribution >= 0.6 is 0 Å². The van der Waals surface area contributed by atoms with Crippen molar-refractivity contribution in [2.75, 3.05) is 33.0 Å². The van der Waals surface area contributed by atoms with Crippen LogP contribution in [0.15, 0.2) is 25.3 Å². The van der Waals surface area contributed by atoms with E-state index in [-0.39, 0.29) is 12.0 Å². The SMILES string of the molecule is C=CCOCC1(CC)COC(C(C)(C)COC(=O)C=C)OC1. The minimum absolute atomic E-state index is 0.132. The maximum Gasteiger partial charge on any atom is 0.330 e. The van der Waals surface area contributed by atoms with Gasteiger partial charge in [-0.25, -0.2) is 4.79 Å². The molecule has 22 heavy (non-hydrogen) atoms. The van der Waals surface area contributed by atoms with Gasteiger partial charge in [-0.15, -0.1) is 6.58 Å². The Morgan fingerprint density at radius 1 is 1.36 bits per heavy atom. The van der Waals surface area contributed by atoms with Gasteiger partial charge in [0.15, 0.2) is 6.29 Å². The number of hydrogen-bond acceptors (Lipinski definition) is 5. The zero-order valence-electron chi connectivity index (χ0n) is 13.9. The second-order valence-electron chi connectivity index (χ2n) is 6.41. The first-order valence-corrected chi connectivity index (χ1v) is 7.60. The fourth-order valence-electron chi connectivity index (χ4n) is 2.18. The predicted octanol–water partition coefficient (Wildman–Crippen LogP) is 2.71. The van der Waals surface area contributed by atoms with Crippen molar-refractivity contribution in [3.63, 3.8) is 0 Å². The minimum Gasteiger partial charge on any atom is -0.462 e. The van der Waals surface area contributed by atoms with Crippen molar-refractivity contribution in [2.45, 2.75) is 33.5 Å². The summed E-state index contributed by atoms with van der Waals surface area (Å²) in [5.74, 6) is -0.440. The van der Waals surface area contributed by atoms with Gasteiger partial charge in [-0.1, -0.05) is 33.4 Å². The van der Waals surface area contributed by atoms with Crippen LogP contribution in [0.5, 0.6) is 0 Å². The first-order chi connectivity index (χ1) is 10.4. The Morgan fingerprint density at radius 3 is 2.50 bits per heavy atom. The first kappa shape index (κ1) is 18.9. The summed E-state index contributed by atoms with van der Waals surface area (Å²) in [6.45, 7) is 15.4. The number of carbonyl (C=O) groups excluding carboxylic acids is 1. The van der Waals surface area contributed by atoms with Crippen molar-refractivity contribution in [3.8, 4) is 0 Å². The van der Waals surface area contributed by atoms with E-state index in [2.05, 4.69) is 20.1 Å². The Hall–Kier alpha value is -1.17. The zero-order chi connectivity index (χ0) is 16.6. The lowest BCUT2D eigenvalue weighted by Gasteiger charge is -2.43. The van der Waals surface area contributed by atoms with Crippen LogP contribution in [0.2, 0.25) is 0 Å². The zero-order valence-corrected chi connectivity index (χ0v) is 13.9. The van der Waals surface area contributed by atoms with Crippen LogP contribution in [0, 0.1) is 10.8 Å². The van der Waals surface area contributed by atoms with Crippen LogP contribution in [0.4, 0.5) is 0 Å². The highest BCUT2D eigenvalue weighted by Gasteiger charge is 2.42. The van der Waals surface area contributed by atoms with Gasteiger partial charge in [0.1, 0.15) is 6.61 Å². The van der Waals surface area contributed by atoms with E-state index in [9.17, 15) is 4.79 Å². The molecule has 0 aromatic rings. The first-order valence-electron chi connectivity index (χ1n) is 7.60. The highest BCUT2D eigenvalue weighted by Crippen LogP contribution is 2.35. The van der Waals surface area contributed by atoms with Crippen LogP contribution in [-0.2, 0) is 23.7 Å². The Bertz CT molecular complexity index is 381. The third-order valence-corrected chi connectivity index (χ3v) is 3.87.